The molecule has 26 heavy (non-hydrogen) atoms. The lowest BCUT2D eigenvalue weighted by atomic mass is 10.0. The molecule has 1 heterocycles. The van der Waals surface area contributed by atoms with Gasteiger partial charge in [-0.25, -0.2) is 4.39 Å². The minimum absolute atomic E-state index is 0.0179. The van der Waals surface area contributed by atoms with Gasteiger partial charge in [0.05, 0.1) is 15.7 Å². The van der Waals surface area contributed by atoms with Gasteiger partial charge in [-0.3, -0.25) is 13.8 Å². The second-order valence-corrected chi connectivity index (χ2v) is 7.15. The van der Waals surface area contributed by atoms with Crippen molar-refractivity contribution >= 4 is 34.0 Å². The highest BCUT2D eigenvalue weighted by atomic mass is 32.2. The molecule has 2 aromatic carbocycles. The van der Waals surface area contributed by atoms with Gasteiger partial charge in [-0.2, -0.15) is 0 Å². The fourth-order valence-electron chi connectivity index (χ4n) is 2.61. The minimum atomic E-state index is -1.43. The van der Waals surface area contributed by atoms with Crippen LogP contribution in [0.5, 0.6) is 5.75 Å². The Hall–Kier alpha value is -2.74. The number of hydrogen-bond acceptors (Lipinski definition) is 4. The van der Waals surface area contributed by atoms with Crippen molar-refractivity contribution in [1.29, 1.82) is 0 Å². The van der Waals surface area contributed by atoms with E-state index in [0.29, 0.717) is 18.6 Å². The van der Waals surface area contributed by atoms with Gasteiger partial charge < -0.3 is 15.4 Å². The summed E-state index contributed by atoms with van der Waals surface area (Å²) < 4.78 is 30.6. The maximum absolute atomic E-state index is 13.8. The van der Waals surface area contributed by atoms with Crippen LogP contribution in [0.25, 0.3) is 0 Å². The average Bonchev–Trinajstić information content (AvgIpc) is 2.59. The van der Waals surface area contributed by atoms with E-state index in [1.165, 1.54) is 18.4 Å². The molecule has 1 atom stereocenters. The molecule has 8 heteroatoms. The number of nitrogens with one attached hydrogen (secondary N) is 2. The third kappa shape index (κ3) is 4.26. The Morgan fingerprint density at radius 3 is 2.81 bits per heavy atom. The van der Waals surface area contributed by atoms with Gasteiger partial charge in [0.2, 0.25) is 5.91 Å². The first-order valence-electron chi connectivity index (χ1n) is 7.91. The van der Waals surface area contributed by atoms with Crippen LogP contribution in [0.2, 0.25) is 0 Å². The number of aryl methyl sites for hydroxylation is 1. The van der Waals surface area contributed by atoms with E-state index in [2.05, 4.69) is 10.6 Å². The van der Waals surface area contributed by atoms with Crippen molar-refractivity contribution < 1.29 is 22.9 Å². The molecule has 136 valence electrons. The fraction of sp³-hybridized carbons (Fsp3) is 0.222. The lowest BCUT2D eigenvalue weighted by Crippen LogP contribution is -2.21. The van der Waals surface area contributed by atoms with Gasteiger partial charge in [-0.1, -0.05) is 0 Å². The molecule has 1 aliphatic rings. The first-order valence-corrected chi connectivity index (χ1v) is 9.46. The first kappa shape index (κ1) is 18.1. The molecule has 0 aliphatic carbocycles. The van der Waals surface area contributed by atoms with Crippen LogP contribution in [0.1, 0.15) is 12.0 Å². The second-order valence-electron chi connectivity index (χ2n) is 5.80. The second kappa shape index (κ2) is 7.65. The number of hydrogen-bond donors (Lipinski definition) is 2. The Labute approximate surface area is 152 Å². The van der Waals surface area contributed by atoms with Gasteiger partial charge in [0, 0.05) is 24.1 Å². The molecule has 1 unspecified atom stereocenters. The zero-order valence-electron chi connectivity index (χ0n) is 14.0. The summed E-state index contributed by atoms with van der Waals surface area (Å²) in [6, 6.07) is 9.17. The Kier molecular flexibility index (Phi) is 5.32. The van der Waals surface area contributed by atoms with Gasteiger partial charge in [0.15, 0.2) is 6.61 Å². The van der Waals surface area contributed by atoms with Crippen LogP contribution in [0.15, 0.2) is 41.3 Å². The monoisotopic (exact) mass is 376 g/mol. The highest BCUT2D eigenvalue weighted by Gasteiger charge is 2.15. The summed E-state index contributed by atoms with van der Waals surface area (Å²) in [7, 11) is -1.43. The maximum Gasteiger partial charge on any atom is 0.262 e. The van der Waals surface area contributed by atoms with Crippen molar-refractivity contribution in [1.82, 2.24) is 0 Å². The topological polar surface area (TPSA) is 84.5 Å². The number of carbonyl (C=O) groups excluding carboxylic acids is 2. The normalized spacial score (nSPS) is 14.2. The summed E-state index contributed by atoms with van der Waals surface area (Å²) >= 11 is 0. The SMILES string of the molecule is CS(=O)c1ccc(NC(=O)COc2ccc3c(c2)CCC(=O)N3)cc1F. The summed E-state index contributed by atoms with van der Waals surface area (Å²) in [5, 5.41) is 5.30. The molecular formula is C18H17FN2O4S. The van der Waals surface area contributed by atoms with Gasteiger partial charge >= 0.3 is 0 Å². The van der Waals surface area contributed by atoms with Crippen LogP contribution in [0, 0.1) is 5.82 Å². The van der Waals surface area contributed by atoms with Gasteiger partial charge in [-0.05, 0) is 48.4 Å². The summed E-state index contributed by atoms with van der Waals surface area (Å²) in [5.41, 5.74) is 1.97. The number of anilines is 2. The summed E-state index contributed by atoms with van der Waals surface area (Å²) in [6.07, 6.45) is 2.42. The molecule has 1 aliphatic heterocycles. The summed E-state index contributed by atoms with van der Waals surface area (Å²) in [5.74, 6) is -0.587. The maximum atomic E-state index is 13.8. The van der Waals surface area contributed by atoms with Gasteiger partial charge in [0.25, 0.3) is 5.91 Å². The van der Waals surface area contributed by atoms with Crippen LogP contribution in [-0.4, -0.2) is 28.9 Å². The molecule has 0 fully saturated rings. The van der Waals surface area contributed by atoms with Gasteiger partial charge in [0.1, 0.15) is 11.6 Å². The van der Waals surface area contributed by atoms with Crippen molar-refractivity contribution in [2.45, 2.75) is 17.7 Å². The Balaban J connectivity index is 1.58. The molecular weight excluding hydrogens is 359 g/mol. The first-order chi connectivity index (χ1) is 12.4. The number of amides is 2. The zero-order valence-corrected chi connectivity index (χ0v) is 14.8. The minimum Gasteiger partial charge on any atom is -0.484 e. The highest BCUT2D eigenvalue weighted by Crippen LogP contribution is 2.26. The van der Waals surface area contributed by atoms with Crippen molar-refractivity contribution in [3.63, 3.8) is 0 Å². The lowest BCUT2D eigenvalue weighted by Gasteiger charge is -2.17. The number of ether oxygens (including phenoxy) is 1. The Morgan fingerprint density at radius 1 is 1.27 bits per heavy atom. The molecule has 0 saturated carbocycles. The fourth-order valence-corrected chi connectivity index (χ4v) is 3.20. The molecule has 0 bridgehead atoms. The van der Waals surface area contributed by atoms with Gasteiger partial charge in [-0.15, -0.1) is 0 Å². The van der Waals surface area contributed by atoms with Crippen molar-refractivity contribution in [2.24, 2.45) is 0 Å². The number of halogens is 1. The third-order valence-electron chi connectivity index (χ3n) is 3.87. The van der Waals surface area contributed by atoms with E-state index in [9.17, 15) is 18.2 Å². The number of rotatable bonds is 5. The van der Waals surface area contributed by atoms with E-state index in [-0.39, 0.29) is 23.1 Å². The molecule has 0 saturated heterocycles. The van der Waals surface area contributed by atoms with E-state index in [1.807, 2.05) is 0 Å². The van der Waals surface area contributed by atoms with E-state index in [4.69, 9.17) is 4.74 Å². The van der Waals surface area contributed by atoms with Crippen LogP contribution in [-0.2, 0) is 26.8 Å². The average molecular weight is 376 g/mol. The molecule has 6 nitrogen and oxygen atoms in total. The summed E-state index contributed by atoms with van der Waals surface area (Å²) in [6.45, 7) is -0.242. The van der Waals surface area contributed by atoms with Crippen molar-refractivity contribution in [3.05, 3.63) is 47.8 Å². The number of carbonyl (C=O) groups is 2. The molecule has 3 rings (SSSR count). The molecule has 0 radical (unpaired) electrons. The number of fused-ring (bicyclic) bond motifs is 1. The van der Waals surface area contributed by atoms with Crippen molar-refractivity contribution in [2.75, 3.05) is 23.5 Å². The Morgan fingerprint density at radius 2 is 2.08 bits per heavy atom. The van der Waals surface area contributed by atoms with Crippen LogP contribution in [0.4, 0.5) is 15.8 Å². The highest BCUT2D eigenvalue weighted by molar-refractivity contribution is 7.84. The summed E-state index contributed by atoms with van der Waals surface area (Å²) in [4.78, 5) is 23.4. The number of benzene rings is 2. The standard InChI is InChI=1S/C18H17FN2O4S/c1-26(24)16-6-3-12(9-14(16)19)20-18(23)10-25-13-4-5-15-11(8-13)2-7-17(22)21-15/h3-6,8-9H,2,7,10H2,1H3,(H,20,23)(H,21,22). The molecule has 2 amide bonds. The Bertz CT molecular complexity index is 901. The van der Waals surface area contributed by atoms with E-state index in [0.717, 1.165) is 17.3 Å². The quantitative estimate of drug-likeness (QED) is 0.840. The zero-order chi connectivity index (χ0) is 18.7. The molecule has 0 spiro atoms. The predicted octanol–water partition coefficient (Wildman–Crippen LogP) is 2.47. The molecule has 2 aromatic rings. The van der Waals surface area contributed by atoms with Crippen molar-refractivity contribution in [3.8, 4) is 5.75 Å². The largest absolute Gasteiger partial charge is 0.484 e. The lowest BCUT2D eigenvalue weighted by molar-refractivity contribution is -0.118. The van der Waals surface area contributed by atoms with E-state index < -0.39 is 22.5 Å². The van der Waals surface area contributed by atoms with Crippen LogP contribution < -0.4 is 15.4 Å². The predicted molar refractivity (Wildman–Crippen MR) is 96.2 cm³/mol. The van der Waals surface area contributed by atoms with E-state index >= 15 is 0 Å². The molecule has 2 N–H and O–H groups in total. The van der Waals surface area contributed by atoms with Crippen LogP contribution >= 0.6 is 0 Å². The van der Waals surface area contributed by atoms with E-state index in [1.54, 1.807) is 18.2 Å². The third-order valence-corrected chi connectivity index (χ3v) is 4.82. The van der Waals surface area contributed by atoms with Crippen LogP contribution in [0.3, 0.4) is 0 Å². The smallest absolute Gasteiger partial charge is 0.262 e. The molecule has 0 aromatic heterocycles.